The predicted octanol–water partition coefficient (Wildman–Crippen LogP) is 4.51. The number of aromatic nitrogens is 3. The van der Waals surface area contributed by atoms with Gasteiger partial charge in [0.1, 0.15) is 5.82 Å². The molecule has 0 aliphatic rings. The fraction of sp³-hybridized carbons (Fsp3) is 0.429. The molecule has 21 heavy (non-hydrogen) atoms. The first-order valence-corrected chi connectivity index (χ1v) is 7.60. The van der Waals surface area contributed by atoms with Crippen LogP contribution in [-0.4, -0.2) is 14.8 Å². The van der Waals surface area contributed by atoms with E-state index in [0.29, 0.717) is 35.0 Å². The monoisotopic (exact) mass is 361 g/mol. The molecule has 0 aliphatic carbocycles. The Labute approximate surface area is 129 Å². The lowest BCUT2D eigenvalue weighted by molar-refractivity contribution is -0.137. The Hall–Kier alpha value is -1.37. The minimum Gasteiger partial charge on any atom is -0.310 e. The van der Waals surface area contributed by atoms with Crippen LogP contribution in [0.1, 0.15) is 25.2 Å². The van der Waals surface area contributed by atoms with Crippen LogP contribution in [0.25, 0.3) is 11.4 Å². The van der Waals surface area contributed by atoms with Crippen LogP contribution in [0.4, 0.5) is 13.2 Å². The van der Waals surface area contributed by atoms with Crippen LogP contribution in [0.5, 0.6) is 0 Å². The Bertz CT molecular complexity index is 620. The van der Waals surface area contributed by atoms with E-state index in [2.05, 4.69) is 26.1 Å². The first-order chi connectivity index (χ1) is 9.82. The van der Waals surface area contributed by atoms with Crippen molar-refractivity contribution >= 4 is 15.9 Å². The molecular weight excluding hydrogens is 347 g/mol. The van der Waals surface area contributed by atoms with Gasteiger partial charge in [-0.1, -0.05) is 41.9 Å². The number of halogens is 4. The highest BCUT2D eigenvalue weighted by Gasteiger charge is 2.31. The quantitative estimate of drug-likeness (QED) is 0.749. The summed E-state index contributed by atoms with van der Waals surface area (Å²) in [6, 6.07) is 5.17. The molecule has 0 radical (unpaired) electrons. The molecule has 0 saturated heterocycles. The molecule has 0 saturated carbocycles. The Kier molecular flexibility index (Phi) is 4.70. The Morgan fingerprint density at radius 3 is 2.52 bits per heavy atom. The van der Waals surface area contributed by atoms with Crippen LogP contribution in [-0.2, 0) is 18.1 Å². The molecule has 0 amide bonds. The topological polar surface area (TPSA) is 30.7 Å². The number of rotatable bonds is 4. The molecule has 0 spiro atoms. The number of alkyl halides is 4. The lowest BCUT2D eigenvalue weighted by Gasteiger charge is -2.13. The summed E-state index contributed by atoms with van der Waals surface area (Å²) in [7, 11) is 0. The van der Waals surface area contributed by atoms with E-state index in [9.17, 15) is 13.2 Å². The molecule has 0 fully saturated rings. The second-order valence-corrected chi connectivity index (χ2v) is 5.72. The first kappa shape index (κ1) is 16.0. The molecule has 2 aromatic rings. The van der Waals surface area contributed by atoms with Gasteiger partial charge >= 0.3 is 6.18 Å². The minimum absolute atomic E-state index is 0.336. The number of benzene rings is 1. The van der Waals surface area contributed by atoms with E-state index in [1.165, 1.54) is 6.07 Å². The van der Waals surface area contributed by atoms with Crippen molar-refractivity contribution in [3.63, 3.8) is 0 Å². The van der Waals surface area contributed by atoms with Crippen molar-refractivity contribution in [2.45, 2.75) is 31.9 Å². The van der Waals surface area contributed by atoms with Crippen molar-refractivity contribution in [2.24, 2.45) is 5.92 Å². The summed E-state index contributed by atoms with van der Waals surface area (Å²) >= 11 is 3.33. The SMILES string of the molecule is CC(C)Cn1c(CBr)nnc1-c1cccc(C(F)(F)F)c1. The zero-order valence-electron chi connectivity index (χ0n) is 11.7. The van der Waals surface area contributed by atoms with Gasteiger partial charge in [0.25, 0.3) is 0 Å². The summed E-state index contributed by atoms with van der Waals surface area (Å²) in [6.45, 7) is 4.72. The van der Waals surface area contributed by atoms with Gasteiger partial charge < -0.3 is 4.57 Å². The standard InChI is InChI=1S/C14H15BrF3N3/c1-9(2)8-21-12(7-15)19-20-13(21)10-4-3-5-11(6-10)14(16,17)18/h3-6,9H,7-8H2,1-2H3. The van der Waals surface area contributed by atoms with Gasteiger partial charge in [-0.15, -0.1) is 10.2 Å². The van der Waals surface area contributed by atoms with Crippen molar-refractivity contribution < 1.29 is 13.2 Å². The summed E-state index contributed by atoms with van der Waals surface area (Å²) in [6.07, 6.45) is -4.36. The van der Waals surface area contributed by atoms with Crippen molar-refractivity contribution in [1.82, 2.24) is 14.8 Å². The zero-order chi connectivity index (χ0) is 15.6. The summed E-state index contributed by atoms with van der Waals surface area (Å²) in [5.74, 6) is 1.50. The Balaban J connectivity index is 2.49. The number of hydrogen-bond donors (Lipinski definition) is 0. The fourth-order valence-electron chi connectivity index (χ4n) is 2.04. The van der Waals surface area contributed by atoms with Crippen LogP contribution in [0.2, 0.25) is 0 Å². The third-order valence-electron chi connectivity index (χ3n) is 2.94. The lowest BCUT2D eigenvalue weighted by atomic mass is 10.1. The smallest absolute Gasteiger partial charge is 0.310 e. The highest BCUT2D eigenvalue weighted by Crippen LogP contribution is 2.32. The second-order valence-electron chi connectivity index (χ2n) is 5.16. The van der Waals surface area contributed by atoms with Crippen LogP contribution in [0.15, 0.2) is 24.3 Å². The van der Waals surface area contributed by atoms with Gasteiger partial charge in [-0.25, -0.2) is 0 Å². The molecule has 7 heteroatoms. The second kappa shape index (κ2) is 6.17. The summed E-state index contributed by atoms with van der Waals surface area (Å²) in [5.41, 5.74) is -0.260. The molecule has 3 nitrogen and oxygen atoms in total. The summed E-state index contributed by atoms with van der Waals surface area (Å²) in [4.78, 5) is 0. The van der Waals surface area contributed by atoms with Gasteiger partial charge in [-0.05, 0) is 18.1 Å². The van der Waals surface area contributed by atoms with Gasteiger partial charge in [0.15, 0.2) is 5.82 Å². The highest BCUT2D eigenvalue weighted by atomic mass is 79.9. The van der Waals surface area contributed by atoms with Gasteiger partial charge in [-0.3, -0.25) is 0 Å². The van der Waals surface area contributed by atoms with E-state index < -0.39 is 11.7 Å². The molecular formula is C14H15BrF3N3. The van der Waals surface area contributed by atoms with E-state index in [1.54, 1.807) is 6.07 Å². The molecule has 0 aliphatic heterocycles. The first-order valence-electron chi connectivity index (χ1n) is 6.48. The van der Waals surface area contributed by atoms with Gasteiger partial charge in [0.2, 0.25) is 0 Å². The normalized spacial score (nSPS) is 12.1. The maximum Gasteiger partial charge on any atom is 0.416 e. The van der Waals surface area contributed by atoms with Crippen LogP contribution in [0.3, 0.4) is 0 Å². The largest absolute Gasteiger partial charge is 0.416 e. The molecule has 0 N–H and O–H groups in total. The molecule has 0 atom stereocenters. The lowest BCUT2D eigenvalue weighted by Crippen LogP contribution is -2.10. The van der Waals surface area contributed by atoms with Crippen LogP contribution < -0.4 is 0 Å². The van der Waals surface area contributed by atoms with E-state index >= 15 is 0 Å². The third kappa shape index (κ3) is 3.64. The van der Waals surface area contributed by atoms with Gasteiger partial charge in [0.05, 0.1) is 10.9 Å². The van der Waals surface area contributed by atoms with Crippen molar-refractivity contribution in [3.05, 3.63) is 35.7 Å². The molecule has 1 heterocycles. The summed E-state index contributed by atoms with van der Waals surface area (Å²) < 4.78 is 40.3. The molecule has 0 bridgehead atoms. The van der Waals surface area contributed by atoms with E-state index in [4.69, 9.17) is 0 Å². The average Bonchev–Trinajstić information content (AvgIpc) is 2.80. The highest BCUT2D eigenvalue weighted by molar-refractivity contribution is 9.08. The van der Waals surface area contributed by atoms with Crippen molar-refractivity contribution in [2.75, 3.05) is 0 Å². The molecule has 0 unspecified atom stereocenters. The Morgan fingerprint density at radius 2 is 1.95 bits per heavy atom. The predicted molar refractivity (Wildman–Crippen MR) is 77.9 cm³/mol. The molecule has 1 aromatic carbocycles. The number of nitrogens with zero attached hydrogens (tertiary/aromatic N) is 3. The fourth-order valence-corrected chi connectivity index (χ4v) is 2.45. The van der Waals surface area contributed by atoms with E-state index in [1.807, 2.05) is 18.4 Å². The van der Waals surface area contributed by atoms with Crippen LogP contribution >= 0.6 is 15.9 Å². The van der Waals surface area contributed by atoms with Crippen LogP contribution in [0, 0.1) is 5.92 Å². The molecule has 114 valence electrons. The van der Waals surface area contributed by atoms with Crippen molar-refractivity contribution in [3.8, 4) is 11.4 Å². The number of hydrogen-bond acceptors (Lipinski definition) is 2. The molecule has 2 rings (SSSR count). The molecule has 1 aromatic heterocycles. The Morgan fingerprint density at radius 1 is 1.24 bits per heavy atom. The van der Waals surface area contributed by atoms with Gasteiger partial charge in [0, 0.05) is 12.1 Å². The average molecular weight is 362 g/mol. The van der Waals surface area contributed by atoms with E-state index in [0.717, 1.165) is 12.1 Å². The third-order valence-corrected chi connectivity index (χ3v) is 3.44. The van der Waals surface area contributed by atoms with E-state index in [-0.39, 0.29) is 0 Å². The van der Waals surface area contributed by atoms with Crippen molar-refractivity contribution in [1.29, 1.82) is 0 Å². The maximum atomic E-state index is 12.8. The zero-order valence-corrected chi connectivity index (χ0v) is 13.2. The minimum atomic E-state index is -4.36. The maximum absolute atomic E-state index is 12.8. The summed E-state index contributed by atoms with van der Waals surface area (Å²) in [5, 5.41) is 8.60. The van der Waals surface area contributed by atoms with Gasteiger partial charge in [-0.2, -0.15) is 13.2 Å².